The van der Waals surface area contributed by atoms with Crippen molar-refractivity contribution in [3.05, 3.63) is 109 Å². The zero-order valence-electron chi connectivity index (χ0n) is 19.1. The Morgan fingerprint density at radius 3 is 2.36 bits per heavy atom. The van der Waals surface area contributed by atoms with Gasteiger partial charge >= 0.3 is 0 Å². The van der Waals surface area contributed by atoms with Crippen molar-refractivity contribution in [2.75, 3.05) is 0 Å². The van der Waals surface area contributed by atoms with Gasteiger partial charge in [0.05, 0.1) is 17.3 Å². The Morgan fingerprint density at radius 1 is 0.583 bits per heavy atom. The molecule has 0 amide bonds. The van der Waals surface area contributed by atoms with Crippen LogP contribution < -0.4 is 0 Å². The molecule has 0 aliphatic rings. The Kier molecular flexibility index (Phi) is 3.91. The number of furan rings is 2. The molecule has 0 bridgehead atoms. The van der Waals surface area contributed by atoms with E-state index in [2.05, 4.69) is 71.7 Å². The van der Waals surface area contributed by atoms with Gasteiger partial charge in [0.15, 0.2) is 0 Å². The van der Waals surface area contributed by atoms with Crippen LogP contribution in [-0.2, 0) is 0 Å². The molecule has 0 atom stereocenters. The van der Waals surface area contributed by atoms with Gasteiger partial charge in [0.1, 0.15) is 22.3 Å². The van der Waals surface area contributed by atoms with E-state index in [9.17, 15) is 0 Å². The maximum atomic E-state index is 6.28. The third kappa shape index (κ3) is 2.75. The minimum Gasteiger partial charge on any atom is -0.455 e. The van der Waals surface area contributed by atoms with Gasteiger partial charge in [-0.25, -0.2) is 9.97 Å². The first-order valence-electron chi connectivity index (χ1n) is 11.9. The van der Waals surface area contributed by atoms with E-state index in [0.717, 1.165) is 71.6 Å². The summed E-state index contributed by atoms with van der Waals surface area (Å²) in [5, 5.41) is 5.51. The highest BCUT2D eigenvalue weighted by Gasteiger charge is 2.16. The van der Waals surface area contributed by atoms with E-state index in [1.54, 1.807) is 6.20 Å². The summed E-state index contributed by atoms with van der Waals surface area (Å²) >= 11 is 0. The summed E-state index contributed by atoms with van der Waals surface area (Å²) in [5.41, 5.74) is 7.84. The van der Waals surface area contributed by atoms with Crippen molar-refractivity contribution in [1.29, 1.82) is 0 Å². The number of rotatable bonds is 2. The predicted octanol–water partition coefficient (Wildman–Crippen LogP) is 8.76. The minimum atomic E-state index is 0.549. The Labute approximate surface area is 205 Å². The van der Waals surface area contributed by atoms with Crippen molar-refractivity contribution in [2.24, 2.45) is 0 Å². The zero-order chi connectivity index (χ0) is 23.6. The lowest BCUT2D eigenvalue weighted by Gasteiger charge is -2.06. The van der Waals surface area contributed by atoms with E-state index in [4.69, 9.17) is 13.8 Å². The summed E-state index contributed by atoms with van der Waals surface area (Å²) in [6, 6.07) is 35.2. The van der Waals surface area contributed by atoms with Crippen LogP contribution in [-0.4, -0.2) is 9.97 Å². The Balaban J connectivity index is 1.32. The molecule has 5 aromatic carbocycles. The highest BCUT2D eigenvalue weighted by Crippen LogP contribution is 2.37. The Morgan fingerprint density at radius 2 is 1.39 bits per heavy atom. The lowest BCUT2D eigenvalue weighted by atomic mass is 9.99. The fourth-order valence-electron chi connectivity index (χ4n) is 5.26. The molecule has 0 N–H and O–H groups in total. The molecule has 0 aliphatic carbocycles. The highest BCUT2D eigenvalue weighted by atomic mass is 16.3. The molecule has 4 heteroatoms. The number of aromatic nitrogens is 2. The van der Waals surface area contributed by atoms with Crippen LogP contribution in [0.25, 0.3) is 77.3 Å². The van der Waals surface area contributed by atoms with Gasteiger partial charge in [-0.2, -0.15) is 0 Å². The first kappa shape index (κ1) is 19.4. The summed E-state index contributed by atoms with van der Waals surface area (Å²) in [7, 11) is 0. The molecule has 0 saturated carbocycles. The fraction of sp³-hybridized carbons (Fsp3) is 0. The molecule has 0 aliphatic heterocycles. The largest absolute Gasteiger partial charge is 0.455 e. The molecule has 0 unspecified atom stereocenters. The molecular weight excluding hydrogens is 444 g/mol. The normalized spacial score (nSPS) is 11.9. The first-order chi connectivity index (χ1) is 17.8. The molecule has 4 nitrogen and oxygen atoms in total. The van der Waals surface area contributed by atoms with E-state index in [0.29, 0.717) is 5.71 Å². The Hall–Kier alpha value is -4.96. The second kappa shape index (κ2) is 7.27. The third-order valence-corrected chi connectivity index (χ3v) is 6.95. The molecule has 0 fully saturated rings. The van der Waals surface area contributed by atoms with E-state index in [-0.39, 0.29) is 0 Å². The van der Waals surface area contributed by atoms with E-state index in [1.807, 2.05) is 36.4 Å². The maximum absolute atomic E-state index is 6.28. The predicted molar refractivity (Wildman–Crippen MR) is 145 cm³/mol. The van der Waals surface area contributed by atoms with Crippen LogP contribution in [0.4, 0.5) is 0 Å². The molecule has 3 aromatic heterocycles. The summed E-state index contributed by atoms with van der Waals surface area (Å²) in [5.74, 6) is 0. The van der Waals surface area contributed by atoms with Crippen molar-refractivity contribution in [1.82, 2.24) is 9.97 Å². The smallest absolute Gasteiger partial charge is 0.246 e. The van der Waals surface area contributed by atoms with Gasteiger partial charge in [0.2, 0.25) is 5.71 Å². The summed E-state index contributed by atoms with van der Waals surface area (Å²) in [6.45, 7) is 0. The number of nitrogens with zero attached hydrogens (tertiary/aromatic N) is 2. The topological polar surface area (TPSA) is 52.1 Å². The molecule has 0 spiro atoms. The van der Waals surface area contributed by atoms with E-state index < -0.39 is 0 Å². The van der Waals surface area contributed by atoms with Crippen LogP contribution in [0.15, 0.2) is 118 Å². The maximum Gasteiger partial charge on any atom is 0.246 e. The van der Waals surface area contributed by atoms with Crippen molar-refractivity contribution in [3.8, 4) is 22.4 Å². The van der Waals surface area contributed by atoms with Crippen LogP contribution in [0, 0.1) is 0 Å². The molecule has 8 rings (SSSR count). The molecular formula is C32H18N2O2. The second-order valence-corrected chi connectivity index (χ2v) is 9.03. The van der Waals surface area contributed by atoms with Gasteiger partial charge in [-0.1, -0.05) is 84.9 Å². The average Bonchev–Trinajstić information content (AvgIpc) is 3.51. The van der Waals surface area contributed by atoms with Crippen LogP contribution in [0.3, 0.4) is 0 Å². The highest BCUT2D eigenvalue weighted by molar-refractivity contribution is 6.17. The Bertz CT molecular complexity index is 2120. The summed E-state index contributed by atoms with van der Waals surface area (Å²) in [6.07, 6.45) is 1.79. The molecule has 0 radical (unpaired) electrons. The number of hydrogen-bond acceptors (Lipinski definition) is 4. The summed E-state index contributed by atoms with van der Waals surface area (Å²) < 4.78 is 12.3. The van der Waals surface area contributed by atoms with Gasteiger partial charge in [-0.15, -0.1) is 0 Å². The number of fused-ring (bicyclic) bond motifs is 8. The lowest BCUT2D eigenvalue weighted by Crippen LogP contribution is -1.88. The zero-order valence-corrected chi connectivity index (χ0v) is 19.1. The van der Waals surface area contributed by atoms with Gasteiger partial charge in [0.25, 0.3) is 0 Å². The third-order valence-electron chi connectivity index (χ3n) is 6.95. The monoisotopic (exact) mass is 462 g/mol. The van der Waals surface area contributed by atoms with Crippen LogP contribution >= 0.6 is 0 Å². The van der Waals surface area contributed by atoms with Gasteiger partial charge in [-0.3, -0.25) is 0 Å². The number of para-hydroxylation sites is 2. The SMILES string of the molecule is c1cc(-c2cnc3oc4ccc5ccccc5c4c3n2)cc(-c2cccc3c2oc2ccccc23)c1. The molecule has 36 heavy (non-hydrogen) atoms. The minimum absolute atomic E-state index is 0.549. The molecule has 0 saturated heterocycles. The van der Waals surface area contributed by atoms with Crippen molar-refractivity contribution in [3.63, 3.8) is 0 Å². The lowest BCUT2D eigenvalue weighted by molar-refractivity contribution is 0.653. The number of benzene rings is 5. The van der Waals surface area contributed by atoms with Gasteiger partial charge < -0.3 is 8.83 Å². The first-order valence-corrected chi connectivity index (χ1v) is 11.9. The number of hydrogen-bond donors (Lipinski definition) is 0. The van der Waals surface area contributed by atoms with Crippen molar-refractivity contribution in [2.45, 2.75) is 0 Å². The van der Waals surface area contributed by atoms with Gasteiger partial charge in [-0.05, 0) is 34.5 Å². The van der Waals surface area contributed by atoms with E-state index >= 15 is 0 Å². The van der Waals surface area contributed by atoms with Gasteiger partial charge in [0, 0.05) is 21.9 Å². The average molecular weight is 463 g/mol. The summed E-state index contributed by atoms with van der Waals surface area (Å²) in [4.78, 5) is 9.67. The molecule has 3 heterocycles. The van der Waals surface area contributed by atoms with E-state index in [1.165, 1.54) is 0 Å². The second-order valence-electron chi connectivity index (χ2n) is 9.03. The fourth-order valence-corrected chi connectivity index (χ4v) is 5.26. The van der Waals surface area contributed by atoms with Crippen LogP contribution in [0.1, 0.15) is 0 Å². The standard InChI is InChI=1S/C32H18N2O2/c1-2-10-22-19(7-1)15-16-28-29(22)30-32(36-28)33-18-26(34-30)21-9-5-8-20(17-21)23-12-6-13-25-24-11-3-4-14-27(24)35-31(23)25/h1-18H. The quantitative estimate of drug-likeness (QED) is 0.258. The van der Waals surface area contributed by atoms with Crippen molar-refractivity contribution >= 4 is 54.9 Å². The molecule has 8 aromatic rings. The van der Waals surface area contributed by atoms with Crippen LogP contribution in [0.2, 0.25) is 0 Å². The van der Waals surface area contributed by atoms with Crippen molar-refractivity contribution < 1.29 is 8.83 Å². The molecule has 168 valence electrons. The van der Waals surface area contributed by atoms with Crippen LogP contribution in [0.5, 0.6) is 0 Å².